The van der Waals surface area contributed by atoms with Crippen LogP contribution in [0.25, 0.3) is 0 Å². The number of aryl methyl sites for hydroxylation is 1. The summed E-state index contributed by atoms with van der Waals surface area (Å²) in [7, 11) is -3.36. The van der Waals surface area contributed by atoms with Gasteiger partial charge in [-0.25, -0.2) is 8.42 Å². The molecule has 1 unspecified atom stereocenters. The van der Waals surface area contributed by atoms with Crippen LogP contribution in [0.1, 0.15) is 30.7 Å². The van der Waals surface area contributed by atoms with Crippen LogP contribution < -0.4 is 5.73 Å². The summed E-state index contributed by atoms with van der Waals surface area (Å²) in [5, 5.41) is 0. The molecule has 7 heteroatoms. The van der Waals surface area contributed by atoms with Gasteiger partial charge in [-0.05, 0) is 31.9 Å². The molecule has 2 rings (SSSR count). The van der Waals surface area contributed by atoms with Crippen LogP contribution in [-0.2, 0) is 16.6 Å². The van der Waals surface area contributed by atoms with Crippen LogP contribution in [0.15, 0.2) is 10.3 Å². The lowest BCUT2D eigenvalue weighted by Gasteiger charge is -2.36. The van der Waals surface area contributed by atoms with E-state index in [2.05, 4.69) is 18.7 Å². The lowest BCUT2D eigenvalue weighted by molar-refractivity contribution is 0.143. The maximum atomic E-state index is 12.7. The van der Waals surface area contributed by atoms with E-state index in [4.69, 9.17) is 5.73 Å². The quantitative estimate of drug-likeness (QED) is 0.890. The number of thiophene rings is 1. The highest BCUT2D eigenvalue weighted by Crippen LogP contribution is 2.28. The van der Waals surface area contributed by atoms with Gasteiger partial charge in [0, 0.05) is 43.6 Å². The molecule has 1 aliphatic heterocycles. The maximum Gasteiger partial charge on any atom is 0.252 e. The van der Waals surface area contributed by atoms with E-state index >= 15 is 0 Å². The van der Waals surface area contributed by atoms with Crippen LogP contribution >= 0.6 is 11.3 Å². The Morgan fingerprint density at radius 3 is 2.43 bits per heavy atom. The van der Waals surface area contributed by atoms with Crippen LogP contribution in [0.2, 0.25) is 0 Å². The maximum absolute atomic E-state index is 12.7. The summed E-state index contributed by atoms with van der Waals surface area (Å²) in [6.07, 6.45) is 1.09. The molecule has 120 valence electrons. The van der Waals surface area contributed by atoms with Crippen LogP contribution in [0.5, 0.6) is 0 Å². The molecule has 5 nitrogen and oxygen atoms in total. The van der Waals surface area contributed by atoms with Crippen molar-refractivity contribution in [3.8, 4) is 0 Å². The van der Waals surface area contributed by atoms with Gasteiger partial charge in [-0.15, -0.1) is 11.3 Å². The zero-order chi connectivity index (χ0) is 15.6. The Balaban J connectivity index is 2.11. The van der Waals surface area contributed by atoms with Crippen LogP contribution in [-0.4, -0.2) is 49.8 Å². The van der Waals surface area contributed by atoms with Crippen molar-refractivity contribution in [2.45, 2.75) is 44.0 Å². The monoisotopic (exact) mass is 331 g/mol. The van der Waals surface area contributed by atoms with E-state index < -0.39 is 10.0 Å². The van der Waals surface area contributed by atoms with Crippen molar-refractivity contribution in [3.05, 3.63) is 16.5 Å². The summed E-state index contributed by atoms with van der Waals surface area (Å²) in [5.74, 6) is 0. The fraction of sp³-hybridized carbons (Fsp3) is 0.714. The Morgan fingerprint density at radius 2 is 1.95 bits per heavy atom. The third-order valence-electron chi connectivity index (χ3n) is 4.26. The third kappa shape index (κ3) is 3.48. The average molecular weight is 332 g/mol. The van der Waals surface area contributed by atoms with Gasteiger partial charge < -0.3 is 5.73 Å². The van der Waals surface area contributed by atoms with Gasteiger partial charge in [-0.2, -0.15) is 4.31 Å². The molecule has 0 spiro atoms. The molecule has 0 aliphatic carbocycles. The van der Waals surface area contributed by atoms with Crippen molar-refractivity contribution in [2.75, 3.05) is 26.2 Å². The molecular weight excluding hydrogens is 306 g/mol. The molecule has 1 aromatic rings. The first-order valence-corrected chi connectivity index (χ1v) is 9.69. The molecular formula is C14H25N3O2S2. The smallest absolute Gasteiger partial charge is 0.252 e. The summed E-state index contributed by atoms with van der Waals surface area (Å²) in [6, 6.07) is 2.27. The normalized spacial score (nSPS) is 19.8. The van der Waals surface area contributed by atoms with Gasteiger partial charge >= 0.3 is 0 Å². The lowest BCUT2D eigenvalue weighted by atomic mass is 10.2. The molecule has 1 aliphatic rings. The zero-order valence-electron chi connectivity index (χ0n) is 13.0. The minimum Gasteiger partial charge on any atom is -0.326 e. The van der Waals surface area contributed by atoms with Crippen molar-refractivity contribution >= 4 is 21.4 Å². The number of hydrogen-bond acceptors (Lipinski definition) is 5. The third-order valence-corrected chi connectivity index (χ3v) is 7.87. The number of rotatable bonds is 5. The molecule has 0 saturated carbocycles. The van der Waals surface area contributed by atoms with E-state index in [9.17, 15) is 8.42 Å². The first-order chi connectivity index (χ1) is 9.90. The van der Waals surface area contributed by atoms with E-state index in [1.54, 1.807) is 10.4 Å². The van der Waals surface area contributed by atoms with Crippen LogP contribution in [0.4, 0.5) is 0 Å². The first kappa shape index (κ1) is 16.9. The van der Waals surface area contributed by atoms with E-state index in [0.717, 1.165) is 30.0 Å². The van der Waals surface area contributed by atoms with Crippen molar-refractivity contribution in [1.82, 2.24) is 9.21 Å². The van der Waals surface area contributed by atoms with Gasteiger partial charge in [0.25, 0.3) is 10.0 Å². The Labute approximate surface area is 131 Å². The second-order valence-electron chi connectivity index (χ2n) is 5.57. The fourth-order valence-corrected chi connectivity index (χ4v) is 5.63. The summed E-state index contributed by atoms with van der Waals surface area (Å²) in [6.45, 7) is 9.43. The molecule has 1 saturated heterocycles. The van der Waals surface area contributed by atoms with Crippen molar-refractivity contribution in [3.63, 3.8) is 0 Å². The van der Waals surface area contributed by atoms with Crippen LogP contribution in [0, 0.1) is 6.92 Å². The minimum atomic E-state index is -3.36. The Morgan fingerprint density at radius 1 is 1.33 bits per heavy atom. The van der Waals surface area contributed by atoms with Crippen molar-refractivity contribution < 1.29 is 8.42 Å². The molecule has 2 N–H and O–H groups in total. The number of sulfonamides is 1. The molecule has 1 atom stereocenters. The summed E-state index contributed by atoms with van der Waals surface area (Å²) in [4.78, 5) is 3.31. The minimum absolute atomic E-state index is 0.397. The number of hydrogen-bond donors (Lipinski definition) is 1. The molecule has 0 radical (unpaired) electrons. The van der Waals surface area contributed by atoms with Gasteiger partial charge in [0.2, 0.25) is 0 Å². The lowest BCUT2D eigenvalue weighted by Crippen LogP contribution is -2.50. The molecule has 1 aromatic heterocycles. The van der Waals surface area contributed by atoms with E-state index in [0.29, 0.717) is 29.9 Å². The topological polar surface area (TPSA) is 66.6 Å². The van der Waals surface area contributed by atoms with Gasteiger partial charge in [0.05, 0.1) is 0 Å². The number of nitrogens with zero attached hydrogens (tertiary/aromatic N) is 2. The van der Waals surface area contributed by atoms with Gasteiger partial charge in [0.1, 0.15) is 4.21 Å². The van der Waals surface area contributed by atoms with E-state index in [1.807, 2.05) is 6.92 Å². The van der Waals surface area contributed by atoms with E-state index in [-0.39, 0.29) is 0 Å². The molecule has 1 fully saturated rings. The number of nitrogens with two attached hydrogens (primary N) is 1. The van der Waals surface area contributed by atoms with E-state index in [1.165, 1.54) is 11.3 Å². The Bertz CT molecular complexity index is 575. The summed E-state index contributed by atoms with van der Waals surface area (Å²) in [5.41, 5.74) is 6.62. The highest BCUT2D eigenvalue weighted by Gasteiger charge is 2.31. The molecule has 2 heterocycles. The van der Waals surface area contributed by atoms with Gasteiger partial charge in [0.15, 0.2) is 0 Å². The first-order valence-electron chi connectivity index (χ1n) is 7.43. The highest BCUT2D eigenvalue weighted by molar-refractivity contribution is 7.91. The SMILES string of the molecule is CCC(C)N1CCN(S(=O)(=O)c2cc(C)c(CN)s2)CC1. The van der Waals surface area contributed by atoms with Crippen molar-refractivity contribution in [1.29, 1.82) is 0 Å². The van der Waals surface area contributed by atoms with Gasteiger partial charge in [-0.3, -0.25) is 4.90 Å². The fourth-order valence-electron chi connectivity index (χ4n) is 2.59. The summed E-state index contributed by atoms with van der Waals surface area (Å²) < 4.78 is 27.4. The predicted octanol–water partition coefficient (Wildman–Crippen LogP) is 1.62. The number of piperazine rings is 1. The second-order valence-corrected chi connectivity index (χ2v) is 8.87. The predicted molar refractivity (Wildman–Crippen MR) is 87.0 cm³/mol. The molecule has 0 amide bonds. The molecule has 0 aromatic carbocycles. The Kier molecular flexibility index (Phi) is 5.43. The molecule has 0 bridgehead atoms. The standard InChI is InChI=1S/C14H25N3O2S2/c1-4-12(3)16-5-7-17(8-6-16)21(18,19)14-9-11(2)13(10-15)20-14/h9,12H,4-8,10,15H2,1-3H3. The highest BCUT2D eigenvalue weighted by atomic mass is 32.2. The largest absolute Gasteiger partial charge is 0.326 e. The second kappa shape index (κ2) is 6.75. The molecule has 21 heavy (non-hydrogen) atoms. The average Bonchev–Trinajstić information content (AvgIpc) is 2.88. The Hall–Kier alpha value is -0.470. The van der Waals surface area contributed by atoms with Crippen LogP contribution in [0.3, 0.4) is 0 Å². The van der Waals surface area contributed by atoms with Gasteiger partial charge in [-0.1, -0.05) is 6.92 Å². The summed E-state index contributed by atoms with van der Waals surface area (Å²) >= 11 is 1.30. The van der Waals surface area contributed by atoms with Crippen molar-refractivity contribution in [2.24, 2.45) is 5.73 Å². The zero-order valence-corrected chi connectivity index (χ0v) is 14.6.